The first-order valence-electron chi connectivity index (χ1n) is 14.6. The van der Waals surface area contributed by atoms with Gasteiger partial charge in [-0.2, -0.15) is 18.2 Å². The van der Waals surface area contributed by atoms with Gasteiger partial charge in [0.2, 0.25) is 5.95 Å². The molecule has 1 amide bonds. The smallest absolute Gasteiger partial charge is 0.387 e. The van der Waals surface area contributed by atoms with Crippen LogP contribution in [0, 0.1) is 0 Å². The Kier molecular flexibility index (Phi) is 10.1. The maximum Gasteiger partial charge on any atom is 0.416 e. The molecular formula is C35H34F3N7O. The highest BCUT2D eigenvalue weighted by molar-refractivity contribution is 5.94. The van der Waals surface area contributed by atoms with E-state index in [9.17, 15) is 18.0 Å². The lowest BCUT2D eigenvalue weighted by atomic mass is 10.0. The number of aromatic nitrogens is 3. The Morgan fingerprint density at radius 3 is 2.41 bits per heavy atom. The van der Waals surface area contributed by atoms with Gasteiger partial charge in [-0.1, -0.05) is 48.5 Å². The number of halogens is 3. The Morgan fingerprint density at radius 2 is 1.72 bits per heavy atom. The van der Waals surface area contributed by atoms with E-state index in [-0.39, 0.29) is 11.9 Å². The average molecular weight is 626 g/mol. The van der Waals surface area contributed by atoms with Crippen molar-refractivity contribution in [3.63, 3.8) is 0 Å². The van der Waals surface area contributed by atoms with Crippen molar-refractivity contribution in [1.82, 2.24) is 30.1 Å². The molecule has 0 bridgehead atoms. The van der Waals surface area contributed by atoms with E-state index in [1.165, 1.54) is 21.7 Å². The van der Waals surface area contributed by atoms with Gasteiger partial charge in [0.05, 0.1) is 5.56 Å². The lowest BCUT2D eigenvalue weighted by molar-refractivity contribution is -0.137. The van der Waals surface area contributed by atoms with Crippen LogP contribution in [0.2, 0.25) is 0 Å². The van der Waals surface area contributed by atoms with Gasteiger partial charge in [0.25, 0.3) is 5.91 Å². The van der Waals surface area contributed by atoms with Crippen LogP contribution in [0.15, 0.2) is 116 Å². The molecule has 0 saturated carbocycles. The summed E-state index contributed by atoms with van der Waals surface area (Å²) in [5, 5.41) is 13.5. The summed E-state index contributed by atoms with van der Waals surface area (Å²) in [6.45, 7) is 2.22. The zero-order valence-electron chi connectivity index (χ0n) is 25.4. The third-order valence-electron chi connectivity index (χ3n) is 7.06. The number of allylic oxidation sites excluding steroid dienone is 2. The normalized spacial score (nSPS) is 12.6. The van der Waals surface area contributed by atoms with Crippen LogP contribution in [0.5, 0.6) is 0 Å². The second-order valence-electron chi connectivity index (χ2n) is 10.8. The topological polar surface area (TPSA) is 86.6 Å². The molecule has 3 N–H and O–H groups in total. The number of benzene rings is 3. The molecule has 5 aromatic rings. The first-order chi connectivity index (χ1) is 22.2. The number of anilines is 2. The van der Waals surface area contributed by atoms with E-state index in [1.54, 1.807) is 48.7 Å². The number of amides is 1. The number of alkyl halides is 3. The molecular weight excluding hydrogens is 591 g/mol. The van der Waals surface area contributed by atoms with Gasteiger partial charge in [-0.3, -0.25) is 4.79 Å². The number of carbonyl (C=O) groups is 1. The molecule has 0 fully saturated rings. The first kappa shape index (κ1) is 32.0. The Bertz CT molecular complexity index is 1830. The predicted molar refractivity (Wildman–Crippen MR) is 176 cm³/mol. The van der Waals surface area contributed by atoms with Gasteiger partial charge in [-0.05, 0) is 91.6 Å². The molecule has 0 unspecified atom stereocenters. The van der Waals surface area contributed by atoms with E-state index in [4.69, 9.17) is 0 Å². The van der Waals surface area contributed by atoms with E-state index in [2.05, 4.69) is 56.4 Å². The molecule has 3 heterocycles. The molecule has 8 nitrogen and oxygen atoms in total. The summed E-state index contributed by atoms with van der Waals surface area (Å²) in [6, 6.07) is 25.8. The molecule has 0 atom stereocenters. The van der Waals surface area contributed by atoms with Gasteiger partial charge in [-0.15, -0.1) is 5.10 Å². The summed E-state index contributed by atoms with van der Waals surface area (Å²) >= 11 is 0. The van der Waals surface area contributed by atoms with Crippen LogP contribution in [0.4, 0.5) is 24.8 Å². The second-order valence-corrected chi connectivity index (χ2v) is 10.8. The van der Waals surface area contributed by atoms with Crippen molar-refractivity contribution in [3.8, 4) is 11.1 Å². The van der Waals surface area contributed by atoms with Gasteiger partial charge >= 0.3 is 6.18 Å². The van der Waals surface area contributed by atoms with Crippen LogP contribution in [-0.2, 0) is 6.18 Å². The molecule has 236 valence electrons. The Hall–Kier alpha value is -5.42. The summed E-state index contributed by atoms with van der Waals surface area (Å²) in [6.07, 6.45) is 3.38. The Morgan fingerprint density at radius 1 is 0.957 bits per heavy atom. The maximum atomic E-state index is 13.1. The minimum Gasteiger partial charge on any atom is -0.387 e. The summed E-state index contributed by atoms with van der Waals surface area (Å²) in [7, 11) is 3.87. The molecule has 6 rings (SSSR count). The minimum atomic E-state index is -4.43. The third kappa shape index (κ3) is 8.39. The average Bonchev–Trinajstić information content (AvgIpc) is 3.48. The van der Waals surface area contributed by atoms with E-state index >= 15 is 0 Å². The van der Waals surface area contributed by atoms with Crippen molar-refractivity contribution >= 4 is 28.8 Å². The first-order valence-corrected chi connectivity index (χ1v) is 14.6. The fourth-order valence-electron chi connectivity index (χ4n) is 4.69. The van der Waals surface area contributed by atoms with Gasteiger partial charge in [0, 0.05) is 42.6 Å². The van der Waals surface area contributed by atoms with Crippen LogP contribution in [0.25, 0.3) is 22.3 Å². The number of likely N-dealkylation sites (N-methyl/N-ethyl adjacent to an activating group) is 1. The summed E-state index contributed by atoms with van der Waals surface area (Å²) in [4.78, 5) is 18.7. The lowest BCUT2D eigenvalue weighted by Crippen LogP contribution is -2.31. The van der Waals surface area contributed by atoms with E-state index in [1.807, 2.05) is 37.3 Å². The molecule has 0 radical (unpaired) electrons. The number of carbonyl (C=O) groups excluding carboxylic acids is 1. The highest BCUT2D eigenvalue weighted by Gasteiger charge is 2.30. The van der Waals surface area contributed by atoms with Crippen molar-refractivity contribution in [1.29, 1.82) is 0 Å². The van der Waals surface area contributed by atoms with Gasteiger partial charge < -0.3 is 20.9 Å². The van der Waals surface area contributed by atoms with Crippen molar-refractivity contribution < 1.29 is 18.0 Å². The fraction of sp³-hybridized carbons (Fsp3) is 0.171. The SMILES string of the molecule is C1=CNCC(c2ccccc2)=C1.CN(C)CCNC(=O)c1ccc(Nc2nc3c(-c4cccc(C(F)(F)F)c4)cccn3n2)cc1. The monoisotopic (exact) mass is 625 g/mol. The standard InChI is InChI=1S/C24H23F3N6O.C11H11N/c1-32(2)14-12-28-22(34)16-8-10-19(11-9-16)29-23-30-21-20(7-4-13-33(21)31-23)17-5-3-6-18(15-17)24(25,26)27;1-2-5-10(6-3-1)11-7-4-8-12-9-11/h3-11,13,15H,12,14H2,1-2H3,(H,28,34)(H,29,31);1-8,12H,9H2. The van der Waals surface area contributed by atoms with Crippen LogP contribution in [-0.4, -0.2) is 59.1 Å². The highest BCUT2D eigenvalue weighted by atomic mass is 19.4. The second kappa shape index (κ2) is 14.6. The molecule has 1 aliphatic rings. The van der Waals surface area contributed by atoms with Crippen LogP contribution >= 0.6 is 0 Å². The van der Waals surface area contributed by atoms with Crippen molar-refractivity contribution in [2.24, 2.45) is 0 Å². The van der Waals surface area contributed by atoms with Crippen LogP contribution < -0.4 is 16.0 Å². The number of hydrogen-bond acceptors (Lipinski definition) is 6. The number of rotatable bonds is 8. The van der Waals surface area contributed by atoms with E-state index in [0.29, 0.717) is 34.6 Å². The van der Waals surface area contributed by atoms with Crippen molar-refractivity contribution in [2.75, 3.05) is 39.0 Å². The van der Waals surface area contributed by atoms with Crippen LogP contribution in [0.1, 0.15) is 21.5 Å². The fourth-order valence-corrected chi connectivity index (χ4v) is 4.69. The molecule has 0 saturated heterocycles. The highest BCUT2D eigenvalue weighted by Crippen LogP contribution is 2.33. The number of nitrogens with one attached hydrogen (secondary N) is 3. The Labute approximate surface area is 265 Å². The zero-order chi connectivity index (χ0) is 32.5. The van der Waals surface area contributed by atoms with E-state index in [0.717, 1.165) is 25.2 Å². The molecule has 1 aliphatic heterocycles. The van der Waals surface area contributed by atoms with Gasteiger partial charge in [0.15, 0.2) is 5.65 Å². The van der Waals surface area contributed by atoms with Gasteiger partial charge in [0.1, 0.15) is 0 Å². The summed E-state index contributed by atoms with van der Waals surface area (Å²) < 4.78 is 40.9. The summed E-state index contributed by atoms with van der Waals surface area (Å²) in [5.74, 6) is 0.118. The largest absolute Gasteiger partial charge is 0.416 e. The molecule has 0 spiro atoms. The van der Waals surface area contributed by atoms with Crippen LogP contribution in [0.3, 0.4) is 0 Å². The number of fused-ring (bicyclic) bond motifs is 1. The zero-order valence-corrected chi connectivity index (χ0v) is 25.4. The molecule has 3 aromatic carbocycles. The van der Waals surface area contributed by atoms with E-state index < -0.39 is 11.7 Å². The third-order valence-corrected chi connectivity index (χ3v) is 7.06. The van der Waals surface area contributed by atoms with Gasteiger partial charge in [-0.25, -0.2) is 4.52 Å². The number of dihydropyridines is 1. The quantitative estimate of drug-likeness (QED) is 0.179. The lowest BCUT2D eigenvalue weighted by Gasteiger charge is -2.10. The molecule has 0 aliphatic carbocycles. The molecule has 11 heteroatoms. The predicted octanol–water partition coefficient (Wildman–Crippen LogP) is 6.64. The number of nitrogens with zero attached hydrogens (tertiary/aromatic N) is 4. The van der Waals surface area contributed by atoms with Crippen molar-refractivity contribution in [3.05, 3.63) is 132 Å². The van der Waals surface area contributed by atoms with Crippen molar-refractivity contribution in [2.45, 2.75) is 6.18 Å². The number of hydrogen-bond donors (Lipinski definition) is 3. The number of pyridine rings is 1. The Balaban J connectivity index is 0.000000289. The molecule has 2 aromatic heterocycles. The minimum absolute atomic E-state index is 0.162. The summed E-state index contributed by atoms with van der Waals surface area (Å²) in [5.41, 5.74) is 4.45. The molecule has 46 heavy (non-hydrogen) atoms. The maximum absolute atomic E-state index is 13.1.